The largest absolute Gasteiger partial charge is 0.366 e. The smallest absolute Gasteiger partial charge is 0.243 e. The summed E-state index contributed by atoms with van der Waals surface area (Å²) >= 11 is 0. The van der Waals surface area contributed by atoms with Crippen molar-refractivity contribution < 1.29 is 14.4 Å². The van der Waals surface area contributed by atoms with E-state index in [0.29, 0.717) is 25.9 Å². The molecule has 0 aliphatic rings. The van der Waals surface area contributed by atoms with Crippen molar-refractivity contribution in [1.29, 1.82) is 0 Å². The monoisotopic (exact) mass is 265 g/mol. The third-order valence-electron chi connectivity index (χ3n) is 2.21. The lowest BCUT2D eigenvalue weighted by Crippen LogP contribution is -2.25. The van der Waals surface area contributed by atoms with E-state index >= 15 is 0 Å². The zero-order valence-electron chi connectivity index (χ0n) is 10.8. The Labute approximate surface area is 112 Å². The van der Waals surface area contributed by atoms with Gasteiger partial charge in [0.25, 0.3) is 0 Å². The molecule has 0 heterocycles. The number of nitrogens with two attached hydrogens (primary N) is 1. The van der Waals surface area contributed by atoms with Gasteiger partial charge >= 0.3 is 0 Å². The number of hydrogen-bond donors (Lipinski definition) is 3. The summed E-state index contributed by atoms with van der Waals surface area (Å²) in [5, 5.41) is 5.19. The van der Waals surface area contributed by atoms with Crippen LogP contribution in [-0.4, -0.2) is 30.8 Å². The summed E-state index contributed by atoms with van der Waals surface area (Å²) in [6, 6.07) is 0. The average molecular weight is 265 g/mol. The van der Waals surface area contributed by atoms with Gasteiger partial charge in [-0.3, -0.25) is 14.4 Å². The van der Waals surface area contributed by atoms with Crippen LogP contribution in [0.15, 0.2) is 37.0 Å². The minimum atomic E-state index is -0.555. The van der Waals surface area contributed by atoms with Crippen molar-refractivity contribution in [2.45, 2.75) is 12.8 Å². The first-order chi connectivity index (χ1) is 8.99. The van der Waals surface area contributed by atoms with Crippen molar-refractivity contribution in [3.05, 3.63) is 37.0 Å². The summed E-state index contributed by atoms with van der Waals surface area (Å²) in [6.45, 7) is 7.40. The standard InChI is InChI=1S/C13H19N3O3/c1-3-12(18)15-7-5-10(9-11(14)17)6-8-16-13(19)4-2/h3-4,9H,1-2,5-8H2,(H2,14,17)(H,15,18)(H,16,19). The number of rotatable bonds is 9. The number of primary amides is 1. The van der Waals surface area contributed by atoms with E-state index in [2.05, 4.69) is 23.8 Å². The van der Waals surface area contributed by atoms with Gasteiger partial charge in [0.1, 0.15) is 0 Å². The molecular formula is C13H19N3O3. The van der Waals surface area contributed by atoms with Gasteiger partial charge in [0.2, 0.25) is 17.7 Å². The van der Waals surface area contributed by atoms with Crippen LogP contribution in [0.25, 0.3) is 0 Å². The molecule has 0 aliphatic carbocycles. The van der Waals surface area contributed by atoms with Crippen molar-refractivity contribution in [2.24, 2.45) is 5.73 Å². The Kier molecular flexibility index (Phi) is 8.44. The van der Waals surface area contributed by atoms with Gasteiger partial charge in [-0.15, -0.1) is 0 Å². The molecule has 0 fully saturated rings. The highest BCUT2D eigenvalue weighted by Gasteiger charge is 2.02. The first kappa shape index (κ1) is 16.6. The van der Waals surface area contributed by atoms with Crippen LogP contribution in [0.4, 0.5) is 0 Å². The number of nitrogens with one attached hydrogen (secondary N) is 2. The fraction of sp³-hybridized carbons (Fsp3) is 0.308. The van der Waals surface area contributed by atoms with Crippen LogP contribution in [0.3, 0.4) is 0 Å². The van der Waals surface area contributed by atoms with Crippen LogP contribution in [0.5, 0.6) is 0 Å². The normalized spacial score (nSPS) is 9.05. The van der Waals surface area contributed by atoms with Crippen LogP contribution in [-0.2, 0) is 14.4 Å². The maximum Gasteiger partial charge on any atom is 0.243 e. The van der Waals surface area contributed by atoms with Crippen LogP contribution in [0, 0.1) is 0 Å². The molecule has 4 N–H and O–H groups in total. The first-order valence-corrected chi connectivity index (χ1v) is 5.79. The third kappa shape index (κ3) is 9.34. The molecule has 0 spiro atoms. The maximum atomic E-state index is 10.9. The highest BCUT2D eigenvalue weighted by Crippen LogP contribution is 2.05. The van der Waals surface area contributed by atoms with Gasteiger partial charge in [0.15, 0.2) is 0 Å². The van der Waals surface area contributed by atoms with Crippen LogP contribution in [0.2, 0.25) is 0 Å². The van der Waals surface area contributed by atoms with E-state index in [1.54, 1.807) is 0 Å². The number of carbonyl (C=O) groups excluding carboxylic acids is 3. The Hall–Kier alpha value is -2.37. The van der Waals surface area contributed by atoms with Crippen LogP contribution in [0.1, 0.15) is 12.8 Å². The molecule has 0 bridgehead atoms. The zero-order chi connectivity index (χ0) is 14.7. The van der Waals surface area contributed by atoms with Crippen molar-refractivity contribution in [3.8, 4) is 0 Å². The van der Waals surface area contributed by atoms with Gasteiger partial charge in [0.05, 0.1) is 0 Å². The predicted molar refractivity (Wildman–Crippen MR) is 72.9 cm³/mol. The number of hydrogen-bond acceptors (Lipinski definition) is 3. The van der Waals surface area contributed by atoms with E-state index in [-0.39, 0.29) is 11.8 Å². The van der Waals surface area contributed by atoms with Crippen molar-refractivity contribution in [1.82, 2.24) is 10.6 Å². The second-order valence-electron chi connectivity index (χ2n) is 3.70. The summed E-state index contributed by atoms with van der Waals surface area (Å²) in [5.74, 6) is -1.11. The summed E-state index contributed by atoms with van der Waals surface area (Å²) in [4.78, 5) is 32.8. The van der Waals surface area contributed by atoms with Crippen LogP contribution < -0.4 is 16.4 Å². The minimum Gasteiger partial charge on any atom is -0.366 e. The number of carbonyl (C=O) groups is 3. The molecule has 6 heteroatoms. The molecule has 6 nitrogen and oxygen atoms in total. The van der Waals surface area contributed by atoms with E-state index in [0.717, 1.165) is 5.57 Å². The van der Waals surface area contributed by atoms with E-state index in [4.69, 9.17) is 5.73 Å². The topological polar surface area (TPSA) is 101 Å². The SMILES string of the molecule is C=CC(=O)NCCC(=CC(N)=O)CCNC(=O)C=C. The molecule has 0 aromatic rings. The van der Waals surface area contributed by atoms with Gasteiger partial charge < -0.3 is 16.4 Å². The fourth-order valence-electron chi connectivity index (χ4n) is 1.31. The lowest BCUT2D eigenvalue weighted by atomic mass is 10.1. The lowest BCUT2D eigenvalue weighted by Gasteiger charge is -2.08. The second-order valence-corrected chi connectivity index (χ2v) is 3.70. The maximum absolute atomic E-state index is 10.9. The third-order valence-corrected chi connectivity index (χ3v) is 2.21. The van der Waals surface area contributed by atoms with Gasteiger partial charge in [-0.1, -0.05) is 18.7 Å². The van der Waals surface area contributed by atoms with Gasteiger partial charge in [-0.25, -0.2) is 0 Å². The van der Waals surface area contributed by atoms with E-state index < -0.39 is 5.91 Å². The molecule has 0 saturated heterocycles. The van der Waals surface area contributed by atoms with Gasteiger partial charge in [0, 0.05) is 19.2 Å². The van der Waals surface area contributed by atoms with Gasteiger partial charge in [-0.05, 0) is 25.0 Å². The Morgan fingerprint density at radius 3 is 1.68 bits per heavy atom. The molecular weight excluding hydrogens is 246 g/mol. The lowest BCUT2D eigenvalue weighted by molar-refractivity contribution is -0.117. The predicted octanol–water partition coefficient (Wildman–Crippen LogP) is -0.217. The van der Waals surface area contributed by atoms with E-state index in [1.165, 1.54) is 18.2 Å². The van der Waals surface area contributed by atoms with Crippen molar-refractivity contribution in [2.75, 3.05) is 13.1 Å². The molecule has 19 heavy (non-hydrogen) atoms. The van der Waals surface area contributed by atoms with E-state index in [1.807, 2.05) is 0 Å². The Morgan fingerprint density at radius 1 is 0.947 bits per heavy atom. The highest BCUT2D eigenvalue weighted by molar-refractivity contribution is 5.88. The summed E-state index contributed by atoms with van der Waals surface area (Å²) in [7, 11) is 0. The highest BCUT2D eigenvalue weighted by atomic mass is 16.2. The molecule has 0 saturated carbocycles. The average Bonchev–Trinajstić information content (AvgIpc) is 2.37. The Morgan fingerprint density at radius 2 is 1.37 bits per heavy atom. The quantitative estimate of drug-likeness (QED) is 0.502. The molecule has 0 aromatic carbocycles. The summed E-state index contributed by atoms with van der Waals surface area (Å²) in [5.41, 5.74) is 5.84. The molecule has 0 atom stereocenters. The summed E-state index contributed by atoms with van der Waals surface area (Å²) < 4.78 is 0. The summed E-state index contributed by atoms with van der Waals surface area (Å²) in [6.07, 6.45) is 4.60. The zero-order valence-corrected chi connectivity index (χ0v) is 10.8. The molecule has 104 valence electrons. The Bertz CT molecular complexity index is 372. The first-order valence-electron chi connectivity index (χ1n) is 5.79. The molecule has 0 aliphatic heterocycles. The fourth-order valence-corrected chi connectivity index (χ4v) is 1.31. The number of amides is 3. The molecule has 3 amide bonds. The molecule has 0 rings (SSSR count). The molecule has 0 unspecified atom stereocenters. The van der Waals surface area contributed by atoms with Crippen LogP contribution >= 0.6 is 0 Å². The second kappa shape index (κ2) is 9.64. The van der Waals surface area contributed by atoms with Crippen molar-refractivity contribution >= 4 is 17.7 Å². The van der Waals surface area contributed by atoms with E-state index in [9.17, 15) is 14.4 Å². The van der Waals surface area contributed by atoms with Crippen molar-refractivity contribution in [3.63, 3.8) is 0 Å². The Balaban J connectivity index is 4.21. The van der Waals surface area contributed by atoms with Gasteiger partial charge in [-0.2, -0.15) is 0 Å². The molecule has 0 aromatic heterocycles. The molecule has 0 radical (unpaired) electrons. The minimum absolute atomic E-state index is 0.279.